The molecule has 2 N–H and O–H groups in total. The second kappa shape index (κ2) is 5.73. The molecule has 8 heteroatoms. The van der Waals surface area contributed by atoms with Gasteiger partial charge in [-0.2, -0.15) is 0 Å². The van der Waals surface area contributed by atoms with Crippen LogP contribution >= 0.6 is 0 Å². The fourth-order valence-corrected chi connectivity index (χ4v) is 4.32. The standard InChI is InChI=1S/C20H19N3O5/c24-15-6-5-14(17(26)21-15)23-18(27)12-4-1-10(9-13(12)19(23)28)16(25)22-20(7-8-20)11-2-3-11/h1,4,9,11,14H,2-3,5-8H2,(H,22,25)(H,21,24,26). The lowest BCUT2D eigenvalue weighted by Crippen LogP contribution is -2.54. The first-order chi connectivity index (χ1) is 13.4. The molecule has 28 heavy (non-hydrogen) atoms. The van der Waals surface area contributed by atoms with Crippen LogP contribution in [0.3, 0.4) is 0 Å². The summed E-state index contributed by atoms with van der Waals surface area (Å²) in [5, 5.41) is 5.26. The number of amides is 5. The van der Waals surface area contributed by atoms with Gasteiger partial charge in [-0.1, -0.05) is 0 Å². The number of imide groups is 2. The molecule has 2 heterocycles. The molecule has 0 radical (unpaired) electrons. The van der Waals surface area contributed by atoms with Gasteiger partial charge in [0.05, 0.1) is 11.1 Å². The van der Waals surface area contributed by atoms with Gasteiger partial charge in [0.15, 0.2) is 0 Å². The number of fused-ring (bicyclic) bond motifs is 1. The SMILES string of the molecule is O=C1CCC(N2C(=O)c3ccc(C(=O)NC4(C5CC5)CC4)cc3C2=O)C(=O)N1. The maximum absolute atomic E-state index is 12.8. The average Bonchev–Trinajstić information content (AvgIpc) is 3.56. The summed E-state index contributed by atoms with van der Waals surface area (Å²) in [6.45, 7) is 0. The highest BCUT2D eigenvalue weighted by Crippen LogP contribution is 2.53. The van der Waals surface area contributed by atoms with Crippen molar-refractivity contribution in [2.24, 2.45) is 5.92 Å². The van der Waals surface area contributed by atoms with Gasteiger partial charge in [0.2, 0.25) is 11.8 Å². The zero-order chi connectivity index (χ0) is 19.6. The number of hydrogen-bond acceptors (Lipinski definition) is 5. The average molecular weight is 381 g/mol. The van der Waals surface area contributed by atoms with Crippen molar-refractivity contribution in [3.05, 3.63) is 34.9 Å². The second-order valence-corrected chi connectivity index (χ2v) is 8.09. The number of hydrogen-bond donors (Lipinski definition) is 2. The topological polar surface area (TPSA) is 113 Å². The summed E-state index contributed by atoms with van der Waals surface area (Å²) in [7, 11) is 0. The Morgan fingerprint density at radius 3 is 2.39 bits per heavy atom. The Kier molecular flexibility index (Phi) is 3.50. The lowest BCUT2D eigenvalue weighted by Gasteiger charge is -2.27. The van der Waals surface area contributed by atoms with E-state index < -0.39 is 29.7 Å². The van der Waals surface area contributed by atoms with Crippen molar-refractivity contribution in [1.29, 1.82) is 0 Å². The van der Waals surface area contributed by atoms with Crippen molar-refractivity contribution >= 4 is 29.5 Å². The van der Waals surface area contributed by atoms with E-state index in [0.717, 1.165) is 30.6 Å². The number of carbonyl (C=O) groups is 5. The summed E-state index contributed by atoms with van der Waals surface area (Å²) in [6.07, 6.45) is 4.41. The van der Waals surface area contributed by atoms with E-state index in [2.05, 4.69) is 10.6 Å². The summed E-state index contributed by atoms with van der Waals surface area (Å²) < 4.78 is 0. The zero-order valence-corrected chi connectivity index (χ0v) is 15.1. The number of nitrogens with one attached hydrogen (secondary N) is 2. The van der Waals surface area contributed by atoms with E-state index in [1.807, 2.05) is 0 Å². The highest BCUT2D eigenvalue weighted by atomic mass is 16.2. The summed E-state index contributed by atoms with van der Waals surface area (Å²) in [5.41, 5.74) is 0.541. The van der Waals surface area contributed by atoms with Crippen LogP contribution in [0, 0.1) is 5.92 Å². The molecular weight excluding hydrogens is 362 g/mol. The van der Waals surface area contributed by atoms with Crippen molar-refractivity contribution in [3.8, 4) is 0 Å². The van der Waals surface area contributed by atoms with Crippen LogP contribution in [-0.2, 0) is 9.59 Å². The maximum Gasteiger partial charge on any atom is 0.262 e. The Morgan fingerprint density at radius 2 is 1.75 bits per heavy atom. The van der Waals surface area contributed by atoms with E-state index >= 15 is 0 Å². The van der Waals surface area contributed by atoms with Crippen LogP contribution in [0.2, 0.25) is 0 Å². The molecule has 144 valence electrons. The van der Waals surface area contributed by atoms with Crippen LogP contribution in [0.15, 0.2) is 18.2 Å². The highest BCUT2D eigenvalue weighted by molar-refractivity contribution is 6.24. The third kappa shape index (κ3) is 2.55. The van der Waals surface area contributed by atoms with Crippen molar-refractivity contribution in [2.45, 2.75) is 50.1 Å². The zero-order valence-electron chi connectivity index (χ0n) is 15.1. The molecular formula is C20H19N3O5. The van der Waals surface area contributed by atoms with Gasteiger partial charge in [0, 0.05) is 17.5 Å². The Labute approximate surface area is 160 Å². The minimum Gasteiger partial charge on any atom is -0.346 e. The van der Waals surface area contributed by atoms with Gasteiger partial charge in [-0.05, 0) is 56.2 Å². The van der Waals surface area contributed by atoms with Crippen LogP contribution in [0.25, 0.3) is 0 Å². The summed E-state index contributed by atoms with van der Waals surface area (Å²) >= 11 is 0. The lowest BCUT2D eigenvalue weighted by atomic mass is 10.0. The molecule has 0 bridgehead atoms. The molecule has 2 aliphatic heterocycles. The molecule has 1 saturated heterocycles. The molecule has 0 spiro atoms. The normalized spacial score (nSPS) is 25.4. The number of nitrogens with zero attached hydrogens (tertiary/aromatic N) is 1. The van der Waals surface area contributed by atoms with Gasteiger partial charge in [-0.3, -0.25) is 34.2 Å². The van der Waals surface area contributed by atoms with E-state index in [1.54, 1.807) is 0 Å². The Hall–Kier alpha value is -3.03. The molecule has 2 saturated carbocycles. The summed E-state index contributed by atoms with van der Waals surface area (Å²) in [5.74, 6) is -1.93. The van der Waals surface area contributed by atoms with E-state index in [4.69, 9.17) is 0 Å². The van der Waals surface area contributed by atoms with Crippen LogP contribution in [0.5, 0.6) is 0 Å². The molecule has 0 aromatic heterocycles. The largest absolute Gasteiger partial charge is 0.346 e. The third-order valence-electron chi connectivity index (χ3n) is 6.21. The Balaban J connectivity index is 1.39. The smallest absolute Gasteiger partial charge is 0.262 e. The van der Waals surface area contributed by atoms with E-state index in [9.17, 15) is 24.0 Å². The quantitative estimate of drug-likeness (QED) is 0.748. The van der Waals surface area contributed by atoms with Crippen molar-refractivity contribution in [3.63, 3.8) is 0 Å². The number of carbonyl (C=O) groups excluding carboxylic acids is 5. The van der Waals surface area contributed by atoms with Crippen molar-refractivity contribution < 1.29 is 24.0 Å². The van der Waals surface area contributed by atoms with Gasteiger partial charge >= 0.3 is 0 Å². The first-order valence-electron chi connectivity index (χ1n) is 9.58. The first-order valence-corrected chi connectivity index (χ1v) is 9.58. The van der Waals surface area contributed by atoms with E-state index in [0.29, 0.717) is 11.5 Å². The van der Waals surface area contributed by atoms with Gasteiger partial charge < -0.3 is 5.32 Å². The van der Waals surface area contributed by atoms with Gasteiger partial charge in [0.1, 0.15) is 6.04 Å². The van der Waals surface area contributed by atoms with E-state index in [1.165, 1.54) is 18.2 Å². The molecule has 5 rings (SSSR count). The molecule has 1 aromatic carbocycles. The Bertz CT molecular complexity index is 961. The second-order valence-electron chi connectivity index (χ2n) is 8.09. The van der Waals surface area contributed by atoms with Gasteiger partial charge in [0.25, 0.3) is 17.7 Å². The third-order valence-corrected chi connectivity index (χ3v) is 6.21. The van der Waals surface area contributed by atoms with Crippen molar-refractivity contribution in [2.75, 3.05) is 0 Å². The van der Waals surface area contributed by atoms with Gasteiger partial charge in [-0.15, -0.1) is 0 Å². The fourth-order valence-electron chi connectivity index (χ4n) is 4.32. The molecule has 1 aromatic rings. The van der Waals surface area contributed by atoms with Crippen LogP contribution < -0.4 is 10.6 Å². The number of benzene rings is 1. The van der Waals surface area contributed by atoms with Crippen LogP contribution in [0.1, 0.15) is 69.6 Å². The number of rotatable bonds is 4. The predicted molar refractivity (Wildman–Crippen MR) is 95.3 cm³/mol. The molecule has 3 fully saturated rings. The van der Waals surface area contributed by atoms with Gasteiger partial charge in [-0.25, -0.2) is 0 Å². The summed E-state index contributed by atoms with van der Waals surface area (Å²) in [4.78, 5) is 62.5. The molecule has 5 amide bonds. The maximum atomic E-state index is 12.8. The summed E-state index contributed by atoms with van der Waals surface area (Å²) in [6, 6.07) is 3.43. The molecule has 8 nitrogen and oxygen atoms in total. The highest BCUT2D eigenvalue weighted by Gasteiger charge is 2.55. The Morgan fingerprint density at radius 1 is 1.04 bits per heavy atom. The van der Waals surface area contributed by atoms with Crippen molar-refractivity contribution in [1.82, 2.24) is 15.5 Å². The lowest BCUT2D eigenvalue weighted by molar-refractivity contribution is -0.136. The molecule has 1 unspecified atom stereocenters. The van der Waals surface area contributed by atoms with E-state index in [-0.39, 0.29) is 35.4 Å². The number of piperidine rings is 1. The molecule has 4 aliphatic rings. The first kappa shape index (κ1) is 17.1. The predicted octanol–water partition coefficient (Wildman–Crippen LogP) is 0.760. The fraction of sp³-hybridized carbons (Fsp3) is 0.450. The minimum atomic E-state index is -1.01. The van der Waals surface area contributed by atoms with Crippen LogP contribution in [0.4, 0.5) is 0 Å². The molecule has 2 aliphatic carbocycles. The molecule has 1 atom stereocenters. The monoisotopic (exact) mass is 381 g/mol. The van der Waals surface area contributed by atoms with Crippen LogP contribution in [-0.4, -0.2) is 46.0 Å². The minimum absolute atomic E-state index is 0.0702.